The Morgan fingerprint density at radius 1 is 1.31 bits per heavy atom. The summed E-state index contributed by atoms with van der Waals surface area (Å²) >= 11 is 0. The zero-order valence-corrected chi connectivity index (χ0v) is 14.0. The first-order valence-electron chi connectivity index (χ1n) is 8.31. The molecular weight excluding hydrogens is 341 g/mol. The molecule has 4 rings (SSSR count). The van der Waals surface area contributed by atoms with Crippen LogP contribution in [0.4, 0.5) is 10.2 Å². The van der Waals surface area contributed by atoms with Crippen molar-refractivity contribution in [2.24, 2.45) is 0 Å². The van der Waals surface area contributed by atoms with Crippen LogP contribution in [0.25, 0.3) is 0 Å². The van der Waals surface area contributed by atoms with Crippen molar-refractivity contribution in [3.63, 3.8) is 0 Å². The summed E-state index contributed by atoms with van der Waals surface area (Å²) in [6.45, 7) is 2.31. The molecule has 134 valence electrons. The van der Waals surface area contributed by atoms with Gasteiger partial charge in [0.2, 0.25) is 0 Å². The summed E-state index contributed by atoms with van der Waals surface area (Å²) in [5, 5.41) is 3.02. The molecule has 0 fully saturated rings. The highest BCUT2D eigenvalue weighted by Crippen LogP contribution is 2.42. The third-order valence-electron chi connectivity index (χ3n) is 4.60. The molecule has 7 nitrogen and oxygen atoms in total. The molecular formula is C18H16FN3O4. The van der Waals surface area contributed by atoms with Gasteiger partial charge in [-0.15, -0.1) is 0 Å². The van der Waals surface area contributed by atoms with Crippen LogP contribution in [0.15, 0.2) is 45.1 Å². The van der Waals surface area contributed by atoms with E-state index in [0.29, 0.717) is 30.0 Å². The van der Waals surface area contributed by atoms with Gasteiger partial charge in [-0.2, -0.15) is 0 Å². The van der Waals surface area contributed by atoms with E-state index < -0.39 is 29.0 Å². The van der Waals surface area contributed by atoms with E-state index in [4.69, 9.17) is 4.74 Å². The molecule has 2 aliphatic heterocycles. The number of hydrogen-bond acceptors (Lipinski definition) is 5. The Bertz CT molecular complexity index is 1070. The van der Waals surface area contributed by atoms with Crippen LogP contribution in [0.5, 0.6) is 0 Å². The standard InChI is InChI=1S/C18H16FN3O4/c1-2-6-22-15-14(16(23)21-18(22)25)12(9-4-3-5-10(19)7-9)13-11(20-15)8-26-17(13)24/h3-5,7,12,20H,2,6,8H2,1H3,(H,21,23,25). The number of carbonyl (C=O) groups is 1. The highest BCUT2D eigenvalue weighted by molar-refractivity contribution is 5.96. The SMILES string of the molecule is CCCn1c2c(c(=O)[nH]c1=O)C(c1cccc(F)c1)C1=C(COC1=O)N2. The van der Waals surface area contributed by atoms with E-state index in [1.807, 2.05) is 6.92 Å². The van der Waals surface area contributed by atoms with E-state index in [1.54, 1.807) is 6.07 Å². The molecule has 26 heavy (non-hydrogen) atoms. The smallest absolute Gasteiger partial charge is 0.337 e. The predicted molar refractivity (Wildman–Crippen MR) is 91.5 cm³/mol. The van der Waals surface area contributed by atoms with E-state index >= 15 is 0 Å². The number of benzene rings is 1. The summed E-state index contributed by atoms with van der Waals surface area (Å²) in [6, 6.07) is 5.73. The number of ether oxygens (including phenoxy) is 1. The number of aromatic amines is 1. The maximum absolute atomic E-state index is 13.8. The van der Waals surface area contributed by atoms with Gasteiger partial charge < -0.3 is 10.1 Å². The first kappa shape index (κ1) is 16.3. The number of hydrogen-bond donors (Lipinski definition) is 2. The van der Waals surface area contributed by atoms with Gasteiger partial charge >= 0.3 is 11.7 Å². The van der Waals surface area contributed by atoms with E-state index in [-0.39, 0.29) is 17.7 Å². The average Bonchev–Trinajstić information content (AvgIpc) is 2.98. The van der Waals surface area contributed by atoms with Gasteiger partial charge in [-0.1, -0.05) is 19.1 Å². The number of halogens is 1. The summed E-state index contributed by atoms with van der Waals surface area (Å²) in [5.41, 5.74) is 0.287. The molecule has 0 aliphatic carbocycles. The average molecular weight is 357 g/mol. The van der Waals surface area contributed by atoms with Crippen LogP contribution in [-0.4, -0.2) is 22.1 Å². The maximum Gasteiger partial charge on any atom is 0.337 e. The highest BCUT2D eigenvalue weighted by Gasteiger charge is 2.41. The molecule has 2 aromatic rings. The number of fused-ring (bicyclic) bond motifs is 1. The van der Waals surface area contributed by atoms with E-state index in [0.717, 1.165) is 0 Å². The lowest BCUT2D eigenvalue weighted by molar-refractivity contribution is -0.136. The van der Waals surface area contributed by atoms with Crippen molar-refractivity contribution in [1.29, 1.82) is 0 Å². The lowest BCUT2D eigenvalue weighted by Crippen LogP contribution is -2.38. The number of anilines is 1. The number of nitrogens with one attached hydrogen (secondary N) is 2. The van der Waals surface area contributed by atoms with Gasteiger partial charge in [0.1, 0.15) is 18.2 Å². The minimum absolute atomic E-state index is 0.0204. The topological polar surface area (TPSA) is 93.2 Å². The van der Waals surface area contributed by atoms with Crippen molar-refractivity contribution in [3.05, 3.63) is 73.3 Å². The maximum atomic E-state index is 13.8. The Balaban J connectivity index is 2.04. The molecule has 3 heterocycles. The van der Waals surface area contributed by atoms with Crippen LogP contribution in [0, 0.1) is 5.82 Å². The lowest BCUT2D eigenvalue weighted by Gasteiger charge is -2.28. The van der Waals surface area contributed by atoms with Crippen LogP contribution in [0.2, 0.25) is 0 Å². The van der Waals surface area contributed by atoms with Crippen LogP contribution < -0.4 is 16.6 Å². The molecule has 0 bridgehead atoms. The Morgan fingerprint density at radius 2 is 2.12 bits per heavy atom. The molecule has 1 aromatic carbocycles. The molecule has 8 heteroatoms. The molecule has 0 saturated heterocycles. The minimum atomic E-state index is -0.806. The second-order valence-electron chi connectivity index (χ2n) is 6.25. The van der Waals surface area contributed by atoms with Gasteiger partial charge in [-0.3, -0.25) is 14.3 Å². The molecule has 2 N–H and O–H groups in total. The first-order chi connectivity index (χ1) is 12.5. The van der Waals surface area contributed by atoms with Crippen LogP contribution in [0.1, 0.15) is 30.4 Å². The summed E-state index contributed by atoms with van der Waals surface area (Å²) < 4.78 is 20.4. The van der Waals surface area contributed by atoms with E-state index in [2.05, 4.69) is 10.3 Å². The highest BCUT2D eigenvalue weighted by atomic mass is 19.1. The number of H-pyrrole nitrogens is 1. The van der Waals surface area contributed by atoms with Gasteiger partial charge in [0.25, 0.3) is 5.56 Å². The van der Waals surface area contributed by atoms with Gasteiger partial charge in [-0.25, -0.2) is 14.0 Å². The third kappa shape index (κ3) is 2.37. The monoisotopic (exact) mass is 357 g/mol. The molecule has 1 aromatic heterocycles. The third-order valence-corrected chi connectivity index (χ3v) is 4.60. The van der Waals surface area contributed by atoms with E-state index in [1.165, 1.54) is 22.8 Å². The summed E-state index contributed by atoms with van der Waals surface area (Å²) in [6.07, 6.45) is 0.673. The Kier molecular flexibility index (Phi) is 3.75. The zero-order valence-electron chi connectivity index (χ0n) is 14.0. The number of carbonyl (C=O) groups excluding carboxylic acids is 1. The number of nitrogens with zero attached hydrogens (tertiary/aromatic N) is 1. The van der Waals surface area contributed by atoms with Crippen LogP contribution in [0.3, 0.4) is 0 Å². The Labute approximate surface area is 147 Å². The second kappa shape index (κ2) is 5.98. The minimum Gasteiger partial charge on any atom is -0.456 e. The fourth-order valence-corrected chi connectivity index (χ4v) is 3.54. The van der Waals surface area contributed by atoms with Gasteiger partial charge in [0, 0.05) is 6.54 Å². The molecule has 0 spiro atoms. The normalized spacial score (nSPS) is 18.2. The van der Waals surface area contributed by atoms with Crippen LogP contribution in [-0.2, 0) is 16.1 Å². The van der Waals surface area contributed by atoms with Crippen molar-refractivity contribution in [2.75, 3.05) is 11.9 Å². The van der Waals surface area contributed by atoms with Crippen LogP contribution >= 0.6 is 0 Å². The summed E-state index contributed by atoms with van der Waals surface area (Å²) in [4.78, 5) is 39.5. The van der Waals surface area contributed by atoms with Gasteiger partial charge in [0.15, 0.2) is 0 Å². The number of cyclic esters (lactones) is 1. The van der Waals surface area contributed by atoms with Crippen molar-refractivity contribution in [3.8, 4) is 0 Å². The molecule has 0 amide bonds. The lowest BCUT2D eigenvalue weighted by atomic mass is 9.83. The fourth-order valence-electron chi connectivity index (χ4n) is 3.54. The van der Waals surface area contributed by atoms with Crippen molar-refractivity contribution < 1.29 is 13.9 Å². The van der Waals surface area contributed by atoms with Gasteiger partial charge in [0.05, 0.1) is 22.8 Å². The largest absolute Gasteiger partial charge is 0.456 e. The van der Waals surface area contributed by atoms with Crippen molar-refractivity contribution in [1.82, 2.24) is 9.55 Å². The number of esters is 1. The fraction of sp³-hybridized carbons (Fsp3) is 0.278. The number of rotatable bonds is 3. The summed E-state index contributed by atoms with van der Waals surface area (Å²) in [5.74, 6) is -1.51. The zero-order chi connectivity index (χ0) is 18.4. The second-order valence-corrected chi connectivity index (χ2v) is 6.25. The van der Waals surface area contributed by atoms with E-state index in [9.17, 15) is 18.8 Å². The van der Waals surface area contributed by atoms with Crippen molar-refractivity contribution in [2.45, 2.75) is 25.8 Å². The predicted octanol–water partition coefficient (Wildman–Crippen LogP) is 1.45. The molecule has 0 saturated carbocycles. The number of aromatic nitrogens is 2. The Hall–Kier alpha value is -3.16. The Morgan fingerprint density at radius 3 is 2.85 bits per heavy atom. The quantitative estimate of drug-likeness (QED) is 0.811. The molecule has 2 aliphatic rings. The molecule has 1 atom stereocenters. The molecule has 0 radical (unpaired) electrons. The molecule has 1 unspecified atom stereocenters. The first-order valence-corrected chi connectivity index (χ1v) is 8.31. The van der Waals surface area contributed by atoms with Gasteiger partial charge in [-0.05, 0) is 24.1 Å². The van der Waals surface area contributed by atoms with Crippen molar-refractivity contribution >= 4 is 11.8 Å². The summed E-state index contributed by atoms with van der Waals surface area (Å²) in [7, 11) is 0.